The maximum Gasteiger partial charge on any atom is 0.219 e. The normalized spacial score (nSPS) is 24.3. The highest BCUT2D eigenvalue weighted by atomic mass is 16.2. The van der Waals surface area contributed by atoms with Gasteiger partial charge in [0, 0.05) is 50.7 Å². The van der Waals surface area contributed by atoms with Crippen molar-refractivity contribution < 1.29 is 9.59 Å². The van der Waals surface area contributed by atoms with Crippen LogP contribution in [-0.4, -0.2) is 44.4 Å². The maximum absolute atomic E-state index is 13.6. The quantitative estimate of drug-likeness (QED) is 0.604. The van der Waals surface area contributed by atoms with Gasteiger partial charge < -0.3 is 9.47 Å². The predicted octanol–water partition coefficient (Wildman–Crippen LogP) is 4.58. The van der Waals surface area contributed by atoms with E-state index in [9.17, 15) is 9.59 Å². The molecule has 2 aromatic rings. The van der Waals surface area contributed by atoms with Crippen molar-refractivity contribution in [2.24, 2.45) is 17.3 Å². The number of carbonyl (C=O) groups is 2. The Hall–Kier alpha value is -2.50. The van der Waals surface area contributed by atoms with Crippen LogP contribution in [0.1, 0.15) is 86.8 Å². The summed E-state index contributed by atoms with van der Waals surface area (Å²) in [5, 5.41) is 9.35. The Morgan fingerprint density at radius 1 is 1.09 bits per heavy atom. The summed E-state index contributed by atoms with van der Waals surface area (Å²) in [5.74, 6) is 2.60. The molecule has 0 N–H and O–H groups in total. The van der Waals surface area contributed by atoms with Gasteiger partial charge in [-0.15, -0.1) is 10.2 Å². The molecule has 1 saturated heterocycles. The van der Waals surface area contributed by atoms with Crippen LogP contribution in [0.5, 0.6) is 0 Å². The highest BCUT2D eigenvalue weighted by molar-refractivity contribution is 5.86. The minimum atomic E-state index is -0.234. The van der Waals surface area contributed by atoms with Crippen LogP contribution in [0.4, 0.5) is 0 Å². The molecule has 0 radical (unpaired) electrons. The molecule has 2 aliphatic carbocycles. The van der Waals surface area contributed by atoms with E-state index in [1.54, 1.807) is 6.92 Å². The summed E-state index contributed by atoms with van der Waals surface area (Å²) < 4.78 is 2.36. The van der Waals surface area contributed by atoms with Crippen molar-refractivity contribution in [3.05, 3.63) is 46.5 Å². The molecule has 0 bridgehead atoms. The summed E-state index contributed by atoms with van der Waals surface area (Å²) in [7, 11) is 0. The van der Waals surface area contributed by atoms with E-state index in [2.05, 4.69) is 55.6 Å². The van der Waals surface area contributed by atoms with Gasteiger partial charge in [-0.1, -0.05) is 37.6 Å². The number of likely N-dealkylation sites (tertiary alicyclic amines) is 1. The lowest BCUT2D eigenvalue weighted by Crippen LogP contribution is -2.33. The van der Waals surface area contributed by atoms with E-state index in [0.717, 1.165) is 42.0 Å². The maximum atomic E-state index is 13.6. The topological polar surface area (TPSA) is 68.1 Å². The van der Waals surface area contributed by atoms with E-state index in [4.69, 9.17) is 5.10 Å². The molecule has 3 fully saturated rings. The summed E-state index contributed by atoms with van der Waals surface area (Å²) in [6.45, 7) is 11.4. The van der Waals surface area contributed by atoms with Gasteiger partial charge >= 0.3 is 0 Å². The van der Waals surface area contributed by atoms with Crippen molar-refractivity contribution in [2.45, 2.75) is 85.1 Å². The van der Waals surface area contributed by atoms with Crippen molar-refractivity contribution >= 4 is 11.7 Å². The van der Waals surface area contributed by atoms with Gasteiger partial charge in [0.25, 0.3) is 0 Å². The van der Waals surface area contributed by atoms with Crippen molar-refractivity contribution in [3.8, 4) is 0 Å². The van der Waals surface area contributed by atoms with Gasteiger partial charge in [0.1, 0.15) is 17.4 Å². The van der Waals surface area contributed by atoms with Gasteiger partial charge in [0.15, 0.2) is 0 Å². The standard InChI is InChI=1S/C28H38N4O2/c1-17-6-7-21(18(2)10-17)12-25(34)23-15-31(19(3)33)16-24(23)27-30-29-26(32(27)22-8-9-22)11-20-13-28(4,5)14-20/h6-7,10,20,22-24H,8-9,11-16H2,1-5H3/t23-,24-/m0/s1. The molecular weight excluding hydrogens is 424 g/mol. The largest absolute Gasteiger partial charge is 0.341 e. The van der Waals surface area contributed by atoms with E-state index >= 15 is 0 Å². The number of amides is 1. The molecule has 1 aliphatic heterocycles. The van der Waals surface area contributed by atoms with E-state index in [0.29, 0.717) is 36.9 Å². The lowest BCUT2D eigenvalue weighted by Gasteiger charge is -2.42. The van der Waals surface area contributed by atoms with Crippen LogP contribution in [0.15, 0.2) is 18.2 Å². The first kappa shape index (κ1) is 23.3. The molecule has 0 spiro atoms. The van der Waals surface area contributed by atoms with Crippen molar-refractivity contribution in [2.75, 3.05) is 13.1 Å². The fourth-order valence-electron chi connectivity index (χ4n) is 6.38. The zero-order valence-electron chi connectivity index (χ0n) is 21.3. The number of nitrogens with zero attached hydrogens (tertiary/aromatic N) is 4. The molecule has 5 rings (SSSR count). The third-order valence-corrected chi connectivity index (χ3v) is 8.23. The van der Waals surface area contributed by atoms with Crippen LogP contribution < -0.4 is 0 Å². The number of Topliss-reactive ketones (excluding diaryl/α,β-unsaturated/α-hetero) is 1. The molecular formula is C28H38N4O2. The predicted molar refractivity (Wildman–Crippen MR) is 132 cm³/mol. The Labute approximate surface area is 203 Å². The van der Waals surface area contributed by atoms with E-state index in [-0.39, 0.29) is 23.5 Å². The first-order chi connectivity index (χ1) is 16.1. The molecule has 2 atom stereocenters. The summed E-state index contributed by atoms with van der Waals surface area (Å²) in [4.78, 5) is 27.7. The molecule has 182 valence electrons. The fourth-order valence-corrected chi connectivity index (χ4v) is 6.38. The molecule has 2 saturated carbocycles. The molecule has 6 nitrogen and oxygen atoms in total. The summed E-state index contributed by atoms with van der Waals surface area (Å²) >= 11 is 0. The summed E-state index contributed by atoms with van der Waals surface area (Å²) in [6.07, 6.45) is 6.14. The second-order valence-electron chi connectivity index (χ2n) is 11.9. The second kappa shape index (κ2) is 8.62. The molecule has 2 heterocycles. The van der Waals surface area contributed by atoms with Gasteiger partial charge in [-0.2, -0.15) is 0 Å². The number of hydrogen-bond donors (Lipinski definition) is 0. The number of benzene rings is 1. The van der Waals surface area contributed by atoms with Gasteiger partial charge in [-0.25, -0.2) is 0 Å². The SMILES string of the molecule is CC(=O)N1C[C@H](C(=O)Cc2ccc(C)cc2C)[C@@H](c2nnc(CC3CC(C)(C)C3)n2C2CC2)C1. The highest BCUT2D eigenvalue weighted by Gasteiger charge is 2.44. The van der Waals surface area contributed by atoms with Crippen LogP contribution in [0.2, 0.25) is 0 Å². The Morgan fingerprint density at radius 3 is 2.44 bits per heavy atom. The second-order valence-corrected chi connectivity index (χ2v) is 11.9. The number of hydrogen-bond acceptors (Lipinski definition) is 4. The summed E-state index contributed by atoms with van der Waals surface area (Å²) in [5.41, 5.74) is 3.87. The van der Waals surface area contributed by atoms with Crippen LogP contribution in [0.25, 0.3) is 0 Å². The number of rotatable bonds is 7. The molecule has 3 aliphatic rings. The lowest BCUT2D eigenvalue weighted by molar-refractivity contribution is -0.128. The Bertz CT molecular complexity index is 1110. The Kier molecular flexibility index (Phi) is 5.89. The van der Waals surface area contributed by atoms with E-state index in [1.165, 1.54) is 18.4 Å². The molecule has 34 heavy (non-hydrogen) atoms. The van der Waals surface area contributed by atoms with Gasteiger partial charge in [0.2, 0.25) is 5.91 Å². The number of aryl methyl sites for hydroxylation is 2. The minimum absolute atomic E-state index is 0.0289. The molecule has 0 unspecified atom stereocenters. The lowest BCUT2D eigenvalue weighted by atomic mass is 9.63. The molecule has 1 aromatic carbocycles. The fraction of sp³-hybridized carbons (Fsp3) is 0.643. The monoisotopic (exact) mass is 462 g/mol. The minimum Gasteiger partial charge on any atom is -0.341 e. The molecule has 1 amide bonds. The average molecular weight is 463 g/mol. The van der Waals surface area contributed by atoms with Crippen LogP contribution in [-0.2, 0) is 22.4 Å². The number of carbonyl (C=O) groups excluding carboxylic acids is 2. The van der Waals surface area contributed by atoms with Crippen LogP contribution >= 0.6 is 0 Å². The van der Waals surface area contributed by atoms with Crippen LogP contribution in [0, 0.1) is 31.1 Å². The highest BCUT2D eigenvalue weighted by Crippen LogP contribution is 2.47. The zero-order chi connectivity index (χ0) is 24.2. The first-order valence-electron chi connectivity index (χ1n) is 12.9. The number of aromatic nitrogens is 3. The third-order valence-electron chi connectivity index (χ3n) is 8.23. The van der Waals surface area contributed by atoms with Crippen molar-refractivity contribution in [1.82, 2.24) is 19.7 Å². The average Bonchev–Trinajstić information content (AvgIpc) is 3.33. The van der Waals surface area contributed by atoms with Crippen molar-refractivity contribution in [3.63, 3.8) is 0 Å². The van der Waals surface area contributed by atoms with Gasteiger partial charge in [-0.05, 0) is 62.0 Å². The van der Waals surface area contributed by atoms with Crippen LogP contribution in [0.3, 0.4) is 0 Å². The van der Waals surface area contributed by atoms with Crippen molar-refractivity contribution in [1.29, 1.82) is 0 Å². The molecule has 1 aromatic heterocycles. The van der Waals surface area contributed by atoms with E-state index in [1.807, 2.05) is 4.90 Å². The number of ketones is 1. The zero-order valence-corrected chi connectivity index (χ0v) is 21.3. The summed E-state index contributed by atoms with van der Waals surface area (Å²) in [6, 6.07) is 6.73. The Morgan fingerprint density at radius 2 is 1.82 bits per heavy atom. The third kappa shape index (κ3) is 4.56. The Balaban J connectivity index is 1.41. The molecule has 6 heteroatoms. The van der Waals surface area contributed by atoms with E-state index < -0.39 is 0 Å². The first-order valence-corrected chi connectivity index (χ1v) is 12.9. The van der Waals surface area contributed by atoms with Gasteiger partial charge in [-0.3, -0.25) is 9.59 Å². The smallest absolute Gasteiger partial charge is 0.219 e. The van der Waals surface area contributed by atoms with Gasteiger partial charge in [0.05, 0.1) is 0 Å².